The topological polar surface area (TPSA) is 134 Å². The van der Waals surface area contributed by atoms with Crippen LogP contribution >= 0.6 is 11.5 Å². The van der Waals surface area contributed by atoms with Gasteiger partial charge in [0.25, 0.3) is 5.91 Å². The lowest BCUT2D eigenvalue weighted by atomic mass is 9.90. The van der Waals surface area contributed by atoms with Crippen LogP contribution in [0.15, 0.2) is 6.07 Å². The zero-order valence-electron chi connectivity index (χ0n) is 20.0. The predicted molar refractivity (Wildman–Crippen MR) is 127 cm³/mol. The van der Waals surface area contributed by atoms with Crippen molar-refractivity contribution in [1.29, 1.82) is 0 Å². The fourth-order valence-corrected chi connectivity index (χ4v) is 5.12. The Bertz CT molecular complexity index is 1180. The van der Waals surface area contributed by atoms with Crippen molar-refractivity contribution in [2.24, 2.45) is 0 Å². The lowest BCUT2D eigenvalue weighted by Crippen LogP contribution is -2.50. The van der Waals surface area contributed by atoms with E-state index in [1.165, 1.54) is 0 Å². The van der Waals surface area contributed by atoms with Gasteiger partial charge in [-0.15, -0.1) is 0 Å². The number of nitrogens with zero attached hydrogens (tertiary/aromatic N) is 3. The van der Waals surface area contributed by atoms with Gasteiger partial charge in [-0.3, -0.25) is 4.79 Å². The highest BCUT2D eigenvalue weighted by Crippen LogP contribution is 2.38. The van der Waals surface area contributed by atoms with Crippen molar-refractivity contribution < 1.29 is 28.6 Å². The molecule has 0 unspecified atom stereocenters. The number of pyridine rings is 1. The number of carbonyl (C=O) groups is 3. The minimum absolute atomic E-state index is 0.0246. The third kappa shape index (κ3) is 5.21. The average molecular weight is 506 g/mol. The predicted octanol–water partition coefficient (Wildman–Crippen LogP) is 4.53. The second-order valence-corrected chi connectivity index (χ2v) is 10.6. The minimum Gasteiger partial charge on any atom is -0.465 e. The molecule has 1 saturated carbocycles. The van der Waals surface area contributed by atoms with Crippen molar-refractivity contribution in [2.45, 2.75) is 77.6 Å². The molecule has 1 aliphatic heterocycles. The fraction of sp³-hybridized carbons (Fsp3) is 0.522. The van der Waals surface area contributed by atoms with Gasteiger partial charge in [0, 0.05) is 11.6 Å². The maximum absolute atomic E-state index is 15.6. The molecule has 12 heteroatoms. The largest absolute Gasteiger partial charge is 0.465 e. The fourth-order valence-electron chi connectivity index (χ4n) is 4.37. The van der Waals surface area contributed by atoms with E-state index in [2.05, 4.69) is 20.0 Å². The van der Waals surface area contributed by atoms with Crippen LogP contribution in [0.1, 0.15) is 68.1 Å². The highest BCUT2D eigenvalue weighted by molar-refractivity contribution is 7.09. The van der Waals surface area contributed by atoms with Gasteiger partial charge in [0.1, 0.15) is 5.60 Å². The van der Waals surface area contributed by atoms with E-state index < -0.39 is 36.1 Å². The molecule has 2 atom stereocenters. The van der Waals surface area contributed by atoms with Gasteiger partial charge in [0.15, 0.2) is 11.6 Å². The molecule has 2 aliphatic rings. The summed E-state index contributed by atoms with van der Waals surface area (Å²) in [6.07, 6.45) is 1.10. The van der Waals surface area contributed by atoms with Crippen LogP contribution in [-0.2, 0) is 11.3 Å². The third-order valence-corrected chi connectivity index (χ3v) is 6.78. The Morgan fingerprint density at radius 1 is 1.26 bits per heavy atom. The monoisotopic (exact) mass is 505 g/mol. The van der Waals surface area contributed by atoms with E-state index in [-0.39, 0.29) is 34.7 Å². The Labute approximate surface area is 206 Å². The van der Waals surface area contributed by atoms with E-state index in [9.17, 15) is 19.5 Å². The first-order chi connectivity index (χ1) is 16.4. The number of aromatic nitrogens is 2. The van der Waals surface area contributed by atoms with E-state index in [4.69, 9.17) is 4.74 Å². The molecule has 188 valence electrons. The standard InChI is InChI=1S/C23H28FN5O5S/c1-11-9-15(35-28-11)18-16-12(10-29(20(16)30)22(32)33)17(24)19(27-18)25-13-7-5-6-8-14(13)26-21(31)34-23(2,3)4/h9,13-14H,5-8,10H2,1-4H3,(H,25,27)(H,26,31)(H,32,33)/t13-,14+/m1/s1. The number of carboxylic acid groups (broad SMARTS) is 1. The number of rotatable bonds is 4. The number of nitrogens with one attached hydrogen (secondary N) is 2. The third-order valence-electron chi connectivity index (χ3n) is 5.89. The van der Waals surface area contributed by atoms with Crippen LogP contribution in [0.3, 0.4) is 0 Å². The SMILES string of the molecule is Cc1cc(-c2nc(N[C@@H]3CCCC[C@@H]3NC(=O)OC(C)(C)C)c(F)c3c2C(=O)N(C(=O)O)C3)sn1. The zero-order valence-corrected chi connectivity index (χ0v) is 20.8. The Morgan fingerprint density at radius 3 is 2.54 bits per heavy atom. The van der Waals surface area contributed by atoms with Gasteiger partial charge in [-0.25, -0.2) is 23.9 Å². The molecule has 0 radical (unpaired) electrons. The molecule has 0 spiro atoms. The molecule has 3 N–H and O–H groups in total. The second kappa shape index (κ2) is 9.40. The molecule has 35 heavy (non-hydrogen) atoms. The van der Waals surface area contributed by atoms with Crippen molar-refractivity contribution >= 4 is 35.4 Å². The van der Waals surface area contributed by atoms with Crippen molar-refractivity contribution in [1.82, 2.24) is 19.6 Å². The summed E-state index contributed by atoms with van der Waals surface area (Å²) in [6, 6.07) is 1.07. The molecule has 2 aromatic rings. The van der Waals surface area contributed by atoms with Gasteiger partial charge in [0.2, 0.25) is 0 Å². The Kier molecular flexibility index (Phi) is 6.67. The summed E-state index contributed by atoms with van der Waals surface area (Å²) in [5.41, 5.74) is 0.152. The number of amides is 3. The lowest BCUT2D eigenvalue weighted by Gasteiger charge is -2.34. The quantitative estimate of drug-likeness (QED) is 0.552. The molecule has 1 aliphatic carbocycles. The Balaban J connectivity index is 1.68. The van der Waals surface area contributed by atoms with E-state index in [0.29, 0.717) is 28.3 Å². The van der Waals surface area contributed by atoms with Crippen molar-refractivity contribution in [3.63, 3.8) is 0 Å². The van der Waals surface area contributed by atoms with Crippen molar-refractivity contribution in [2.75, 3.05) is 5.32 Å². The van der Waals surface area contributed by atoms with Crippen LogP contribution in [-0.4, -0.2) is 55.1 Å². The number of carbonyl (C=O) groups excluding carboxylic acids is 2. The van der Waals surface area contributed by atoms with E-state index in [1.54, 1.807) is 33.8 Å². The lowest BCUT2D eigenvalue weighted by molar-refractivity contribution is 0.0488. The summed E-state index contributed by atoms with van der Waals surface area (Å²) in [5, 5.41) is 15.4. The smallest absolute Gasteiger partial charge is 0.414 e. The first-order valence-electron chi connectivity index (χ1n) is 11.4. The summed E-state index contributed by atoms with van der Waals surface area (Å²) in [6.45, 7) is 6.71. The number of fused-ring (bicyclic) bond motifs is 1. The molecule has 1 fully saturated rings. The van der Waals surface area contributed by atoms with Gasteiger partial charge in [-0.05, 0) is 58.1 Å². The molecule has 3 amide bonds. The van der Waals surface area contributed by atoms with Crippen LogP contribution in [0.25, 0.3) is 10.6 Å². The Hall–Kier alpha value is -3.28. The summed E-state index contributed by atoms with van der Waals surface area (Å²) in [7, 11) is 0. The molecule has 0 aromatic carbocycles. The highest BCUT2D eigenvalue weighted by Gasteiger charge is 2.40. The number of anilines is 1. The van der Waals surface area contributed by atoms with Crippen LogP contribution in [0.4, 0.5) is 19.8 Å². The molecule has 3 heterocycles. The summed E-state index contributed by atoms with van der Waals surface area (Å²) in [5.74, 6) is -1.68. The first-order valence-corrected chi connectivity index (χ1v) is 12.2. The molecular formula is C23H28FN5O5S. The van der Waals surface area contributed by atoms with Crippen LogP contribution in [0.2, 0.25) is 0 Å². The maximum Gasteiger partial charge on any atom is 0.414 e. The molecule has 2 aromatic heterocycles. The summed E-state index contributed by atoms with van der Waals surface area (Å²) >= 11 is 1.10. The summed E-state index contributed by atoms with van der Waals surface area (Å²) in [4.78, 5) is 42.3. The van der Waals surface area contributed by atoms with E-state index in [1.807, 2.05) is 0 Å². The van der Waals surface area contributed by atoms with Crippen LogP contribution in [0.5, 0.6) is 0 Å². The number of imide groups is 1. The zero-order chi connectivity index (χ0) is 25.5. The molecule has 10 nitrogen and oxygen atoms in total. The summed E-state index contributed by atoms with van der Waals surface area (Å²) < 4.78 is 25.2. The first kappa shape index (κ1) is 24.8. The van der Waals surface area contributed by atoms with E-state index in [0.717, 1.165) is 24.4 Å². The number of halogens is 1. The maximum atomic E-state index is 15.6. The van der Waals surface area contributed by atoms with Crippen LogP contribution in [0, 0.1) is 12.7 Å². The van der Waals surface area contributed by atoms with Gasteiger partial charge in [0.05, 0.1) is 34.4 Å². The molecule has 0 bridgehead atoms. The van der Waals surface area contributed by atoms with Gasteiger partial charge in [-0.2, -0.15) is 4.37 Å². The number of ether oxygens (including phenoxy) is 1. The van der Waals surface area contributed by atoms with Crippen molar-refractivity contribution in [3.05, 3.63) is 28.7 Å². The number of aryl methyl sites for hydroxylation is 1. The minimum atomic E-state index is -1.46. The van der Waals surface area contributed by atoms with Gasteiger partial charge >= 0.3 is 12.2 Å². The highest BCUT2D eigenvalue weighted by atomic mass is 32.1. The van der Waals surface area contributed by atoms with Crippen molar-refractivity contribution in [3.8, 4) is 10.6 Å². The molecule has 4 rings (SSSR count). The normalized spacial score (nSPS) is 19.9. The number of hydrogen-bond acceptors (Lipinski definition) is 8. The second-order valence-electron chi connectivity index (χ2n) is 9.77. The average Bonchev–Trinajstić information content (AvgIpc) is 3.34. The molecule has 0 saturated heterocycles. The molecular weight excluding hydrogens is 477 g/mol. The Morgan fingerprint density at radius 2 is 1.94 bits per heavy atom. The number of hydrogen-bond donors (Lipinski definition) is 3. The van der Waals surface area contributed by atoms with Gasteiger partial charge < -0.3 is 20.5 Å². The van der Waals surface area contributed by atoms with Crippen LogP contribution < -0.4 is 10.6 Å². The van der Waals surface area contributed by atoms with Gasteiger partial charge in [-0.1, -0.05) is 12.8 Å². The van der Waals surface area contributed by atoms with E-state index >= 15 is 4.39 Å². The number of alkyl carbamates (subject to hydrolysis) is 1.